The van der Waals surface area contributed by atoms with Gasteiger partial charge in [-0.25, -0.2) is 0 Å². The van der Waals surface area contributed by atoms with Crippen molar-refractivity contribution in [2.45, 2.75) is 96.4 Å². The van der Waals surface area contributed by atoms with E-state index in [1.807, 2.05) is 4.90 Å². The van der Waals surface area contributed by atoms with Crippen LogP contribution < -0.4 is 11.1 Å². The highest BCUT2D eigenvalue weighted by Crippen LogP contribution is 2.19. The molecule has 0 aromatic carbocycles. The van der Waals surface area contributed by atoms with Gasteiger partial charge in [-0.05, 0) is 38.6 Å². The maximum absolute atomic E-state index is 12.5. The summed E-state index contributed by atoms with van der Waals surface area (Å²) in [5.74, 6) is 0.155. The molecule has 0 aliphatic carbocycles. The highest BCUT2D eigenvalue weighted by Gasteiger charge is 2.31. The average Bonchev–Trinajstić information content (AvgIpc) is 2.64. The quantitative estimate of drug-likeness (QED) is 0.499. The van der Waals surface area contributed by atoms with E-state index in [4.69, 9.17) is 5.73 Å². The van der Waals surface area contributed by atoms with Gasteiger partial charge in [-0.3, -0.25) is 9.59 Å². The van der Waals surface area contributed by atoms with Crippen molar-refractivity contribution >= 4 is 11.8 Å². The number of nitrogens with zero attached hydrogens (tertiary/aromatic N) is 1. The van der Waals surface area contributed by atoms with Crippen LogP contribution in [0.1, 0.15) is 90.4 Å². The highest BCUT2D eigenvalue weighted by molar-refractivity contribution is 5.87. The molecule has 1 rings (SSSR count). The number of carbonyl (C=O) groups is 2. The summed E-state index contributed by atoms with van der Waals surface area (Å²) >= 11 is 0. The summed E-state index contributed by atoms with van der Waals surface area (Å²) < 4.78 is 0. The van der Waals surface area contributed by atoms with E-state index in [-0.39, 0.29) is 17.9 Å². The first-order valence-electron chi connectivity index (χ1n) is 10.5. The molecular formula is C20H39N3O2. The van der Waals surface area contributed by atoms with Gasteiger partial charge in [-0.15, -0.1) is 0 Å². The standard InChI is InChI=1S/C20H39N3O2/c1-2-3-4-5-6-7-8-9-14-19(24)23-17-11-10-13-18(23)20(25)22-16-12-15-21/h18H,2-17,21H2,1H3,(H,22,25)/t18-/m1/s1. The van der Waals surface area contributed by atoms with Crippen molar-refractivity contribution in [1.82, 2.24) is 10.2 Å². The SMILES string of the molecule is CCCCCCCCCCC(=O)N1CCCC[C@@H]1C(=O)NCCCN. The highest BCUT2D eigenvalue weighted by atomic mass is 16.2. The van der Waals surface area contributed by atoms with Gasteiger partial charge in [0.1, 0.15) is 6.04 Å². The van der Waals surface area contributed by atoms with Crippen LogP contribution >= 0.6 is 0 Å². The Kier molecular flexibility index (Phi) is 12.4. The topological polar surface area (TPSA) is 75.4 Å². The molecule has 1 heterocycles. The molecule has 0 aromatic rings. The zero-order chi connectivity index (χ0) is 18.3. The molecule has 0 spiro atoms. The van der Waals surface area contributed by atoms with Crippen molar-refractivity contribution in [2.24, 2.45) is 5.73 Å². The largest absolute Gasteiger partial charge is 0.354 e. The Balaban J connectivity index is 2.25. The fourth-order valence-corrected chi connectivity index (χ4v) is 3.49. The van der Waals surface area contributed by atoms with E-state index in [0.29, 0.717) is 19.5 Å². The van der Waals surface area contributed by atoms with Gasteiger partial charge in [-0.2, -0.15) is 0 Å². The molecule has 0 bridgehead atoms. The zero-order valence-electron chi connectivity index (χ0n) is 16.2. The molecular weight excluding hydrogens is 314 g/mol. The number of likely N-dealkylation sites (tertiary alicyclic amines) is 1. The summed E-state index contributed by atoms with van der Waals surface area (Å²) in [6.07, 6.45) is 14.0. The van der Waals surface area contributed by atoms with Crippen LogP contribution in [0, 0.1) is 0 Å². The van der Waals surface area contributed by atoms with Crippen molar-refractivity contribution in [1.29, 1.82) is 0 Å². The number of piperidine rings is 1. The maximum atomic E-state index is 12.5. The predicted octanol–water partition coefficient (Wildman–Crippen LogP) is 3.36. The Labute approximate surface area is 154 Å². The zero-order valence-corrected chi connectivity index (χ0v) is 16.2. The minimum absolute atomic E-state index is 0.00239. The van der Waals surface area contributed by atoms with Gasteiger partial charge in [0, 0.05) is 19.5 Å². The van der Waals surface area contributed by atoms with Gasteiger partial charge in [0.15, 0.2) is 0 Å². The number of amides is 2. The lowest BCUT2D eigenvalue weighted by Crippen LogP contribution is -2.52. The van der Waals surface area contributed by atoms with Crippen LogP contribution in [0.5, 0.6) is 0 Å². The van der Waals surface area contributed by atoms with Crippen molar-refractivity contribution in [2.75, 3.05) is 19.6 Å². The number of carbonyl (C=O) groups excluding carboxylic acids is 2. The summed E-state index contributed by atoms with van der Waals surface area (Å²) in [5, 5.41) is 2.93. The summed E-state index contributed by atoms with van der Waals surface area (Å²) in [7, 11) is 0. The number of rotatable bonds is 13. The van der Waals surface area contributed by atoms with Crippen LogP contribution in [0.4, 0.5) is 0 Å². The Morgan fingerprint density at radius 2 is 1.68 bits per heavy atom. The minimum atomic E-state index is -0.270. The van der Waals surface area contributed by atoms with E-state index in [9.17, 15) is 9.59 Å². The molecule has 1 saturated heterocycles. The number of unbranched alkanes of at least 4 members (excludes halogenated alkanes) is 7. The lowest BCUT2D eigenvalue weighted by atomic mass is 10.00. The monoisotopic (exact) mass is 353 g/mol. The van der Waals surface area contributed by atoms with Gasteiger partial charge in [0.05, 0.1) is 0 Å². The third-order valence-electron chi connectivity index (χ3n) is 5.05. The number of nitrogens with two attached hydrogens (primary N) is 1. The lowest BCUT2D eigenvalue weighted by Gasteiger charge is -2.34. The van der Waals surface area contributed by atoms with Crippen LogP contribution in [-0.4, -0.2) is 42.4 Å². The van der Waals surface area contributed by atoms with Gasteiger partial charge in [0.25, 0.3) is 0 Å². The fraction of sp³-hybridized carbons (Fsp3) is 0.900. The smallest absolute Gasteiger partial charge is 0.242 e. The van der Waals surface area contributed by atoms with Crippen LogP contribution in [0.2, 0.25) is 0 Å². The number of hydrogen-bond acceptors (Lipinski definition) is 3. The molecule has 3 N–H and O–H groups in total. The van der Waals surface area contributed by atoms with Gasteiger partial charge >= 0.3 is 0 Å². The lowest BCUT2D eigenvalue weighted by molar-refractivity contribution is -0.142. The van der Waals surface area contributed by atoms with E-state index in [1.54, 1.807) is 0 Å². The van der Waals surface area contributed by atoms with E-state index < -0.39 is 0 Å². The van der Waals surface area contributed by atoms with Crippen LogP contribution in [0.25, 0.3) is 0 Å². The van der Waals surface area contributed by atoms with E-state index in [2.05, 4.69) is 12.2 Å². The molecule has 1 atom stereocenters. The number of nitrogens with one attached hydrogen (secondary N) is 1. The molecule has 0 saturated carbocycles. The minimum Gasteiger partial charge on any atom is -0.354 e. The molecule has 1 aliphatic heterocycles. The summed E-state index contributed by atoms with van der Waals surface area (Å²) in [6.45, 7) is 4.14. The summed E-state index contributed by atoms with van der Waals surface area (Å²) in [4.78, 5) is 26.7. The van der Waals surface area contributed by atoms with Crippen LogP contribution in [-0.2, 0) is 9.59 Å². The molecule has 5 nitrogen and oxygen atoms in total. The van der Waals surface area contributed by atoms with Gasteiger partial charge in [-0.1, -0.05) is 51.9 Å². The van der Waals surface area contributed by atoms with Crippen molar-refractivity contribution in [3.8, 4) is 0 Å². The first kappa shape index (κ1) is 21.9. The van der Waals surface area contributed by atoms with Gasteiger partial charge < -0.3 is 16.0 Å². The third-order valence-corrected chi connectivity index (χ3v) is 5.05. The molecule has 5 heteroatoms. The van der Waals surface area contributed by atoms with Crippen LogP contribution in [0.3, 0.4) is 0 Å². The molecule has 1 fully saturated rings. The molecule has 146 valence electrons. The van der Waals surface area contributed by atoms with Crippen molar-refractivity contribution in [3.63, 3.8) is 0 Å². The van der Waals surface area contributed by atoms with Crippen molar-refractivity contribution < 1.29 is 9.59 Å². The third kappa shape index (κ3) is 9.24. The molecule has 1 aliphatic rings. The van der Waals surface area contributed by atoms with Gasteiger partial charge in [0.2, 0.25) is 11.8 Å². The molecule has 25 heavy (non-hydrogen) atoms. The van der Waals surface area contributed by atoms with E-state index in [0.717, 1.165) is 45.1 Å². The summed E-state index contributed by atoms with van der Waals surface area (Å²) in [5.41, 5.74) is 5.47. The average molecular weight is 354 g/mol. The summed E-state index contributed by atoms with van der Waals surface area (Å²) in [6, 6.07) is -0.270. The maximum Gasteiger partial charge on any atom is 0.242 e. The molecule has 0 radical (unpaired) electrons. The Hall–Kier alpha value is -1.10. The second-order valence-corrected chi connectivity index (χ2v) is 7.26. The first-order valence-corrected chi connectivity index (χ1v) is 10.5. The van der Waals surface area contributed by atoms with E-state index >= 15 is 0 Å². The molecule has 0 aromatic heterocycles. The molecule has 2 amide bonds. The number of hydrogen-bond donors (Lipinski definition) is 2. The first-order chi connectivity index (χ1) is 12.2. The Bertz CT molecular complexity index is 374. The molecule has 0 unspecified atom stereocenters. The van der Waals surface area contributed by atoms with Crippen molar-refractivity contribution in [3.05, 3.63) is 0 Å². The Morgan fingerprint density at radius 3 is 2.36 bits per heavy atom. The normalized spacial score (nSPS) is 17.5. The van der Waals surface area contributed by atoms with E-state index in [1.165, 1.54) is 38.5 Å². The predicted molar refractivity (Wildman–Crippen MR) is 103 cm³/mol. The Morgan fingerprint density at radius 1 is 1.00 bits per heavy atom. The second-order valence-electron chi connectivity index (χ2n) is 7.26. The fourth-order valence-electron chi connectivity index (χ4n) is 3.49. The second kappa shape index (κ2) is 14.1. The van der Waals surface area contributed by atoms with Crippen LogP contribution in [0.15, 0.2) is 0 Å².